The summed E-state index contributed by atoms with van der Waals surface area (Å²) in [6.45, 7) is -1.53. The van der Waals surface area contributed by atoms with E-state index in [1.807, 2.05) is 0 Å². The Morgan fingerprint density at radius 2 is 1.82 bits per heavy atom. The SMILES string of the molecule is COc1cc(C(=O)NCC(O)(c2nc(-c3ccc(F)cc3)n3ccccc23)C(F)(F)F)ccc1OCCO. The minimum absolute atomic E-state index is 0.0287. The molecule has 200 valence electrons. The van der Waals surface area contributed by atoms with E-state index >= 15 is 0 Å². The van der Waals surface area contributed by atoms with Crippen LogP contribution in [0.5, 0.6) is 11.5 Å². The highest BCUT2D eigenvalue weighted by Gasteiger charge is 2.57. The first kappa shape index (κ1) is 26.9. The van der Waals surface area contributed by atoms with Crippen LogP contribution in [-0.2, 0) is 5.60 Å². The van der Waals surface area contributed by atoms with Crippen LogP contribution in [0.3, 0.4) is 0 Å². The van der Waals surface area contributed by atoms with Gasteiger partial charge in [-0.3, -0.25) is 9.20 Å². The molecule has 38 heavy (non-hydrogen) atoms. The molecule has 0 aliphatic heterocycles. The number of ether oxygens (including phenoxy) is 2. The van der Waals surface area contributed by atoms with Gasteiger partial charge in [0, 0.05) is 17.3 Å². The normalized spacial score (nSPS) is 13.2. The second kappa shape index (κ2) is 10.7. The summed E-state index contributed by atoms with van der Waals surface area (Å²) < 4.78 is 68.3. The van der Waals surface area contributed by atoms with Crippen molar-refractivity contribution in [3.8, 4) is 22.9 Å². The van der Waals surface area contributed by atoms with Crippen molar-refractivity contribution in [3.63, 3.8) is 0 Å². The second-order valence-electron chi connectivity index (χ2n) is 8.23. The number of fused-ring (bicyclic) bond motifs is 1. The number of halogens is 4. The monoisotopic (exact) mass is 533 g/mol. The molecular formula is C26H23F4N3O5. The number of methoxy groups -OCH3 is 1. The molecule has 0 saturated heterocycles. The molecule has 0 saturated carbocycles. The Hall–Kier alpha value is -4.16. The molecule has 12 heteroatoms. The summed E-state index contributed by atoms with van der Waals surface area (Å²) in [6.07, 6.45) is -3.77. The van der Waals surface area contributed by atoms with Gasteiger partial charge in [-0.05, 0) is 54.6 Å². The van der Waals surface area contributed by atoms with Gasteiger partial charge in [0.2, 0.25) is 5.60 Å². The Morgan fingerprint density at radius 1 is 1.08 bits per heavy atom. The molecule has 4 aromatic rings. The van der Waals surface area contributed by atoms with Crippen molar-refractivity contribution in [2.75, 3.05) is 26.9 Å². The molecule has 2 aromatic heterocycles. The molecule has 0 radical (unpaired) electrons. The Morgan fingerprint density at radius 3 is 2.47 bits per heavy atom. The van der Waals surface area contributed by atoms with E-state index in [9.17, 15) is 27.5 Å². The molecule has 0 fully saturated rings. The van der Waals surface area contributed by atoms with Crippen LogP contribution < -0.4 is 14.8 Å². The van der Waals surface area contributed by atoms with E-state index in [0.29, 0.717) is 5.56 Å². The van der Waals surface area contributed by atoms with Crippen LogP contribution in [0.15, 0.2) is 66.9 Å². The van der Waals surface area contributed by atoms with Gasteiger partial charge in [0.15, 0.2) is 11.5 Å². The molecule has 2 aromatic carbocycles. The number of hydrogen-bond acceptors (Lipinski definition) is 6. The number of rotatable bonds is 9. The lowest BCUT2D eigenvalue weighted by Gasteiger charge is -2.29. The lowest BCUT2D eigenvalue weighted by atomic mass is 9.97. The number of nitrogens with one attached hydrogen (secondary N) is 1. The zero-order valence-electron chi connectivity index (χ0n) is 20.0. The predicted molar refractivity (Wildman–Crippen MR) is 128 cm³/mol. The van der Waals surface area contributed by atoms with Crippen molar-refractivity contribution in [1.29, 1.82) is 0 Å². The molecule has 3 N–H and O–H groups in total. The van der Waals surface area contributed by atoms with Crippen LogP contribution in [0.2, 0.25) is 0 Å². The van der Waals surface area contributed by atoms with Crippen molar-refractivity contribution in [2.45, 2.75) is 11.8 Å². The van der Waals surface area contributed by atoms with E-state index in [1.54, 1.807) is 6.07 Å². The number of aromatic nitrogens is 2. The van der Waals surface area contributed by atoms with Crippen LogP contribution in [0, 0.1) is 5.82 Å². The highest BCUT2D eigenvalue weighted by Crippen LogP contribution is 2.41. The smallest absolute Gasteiger partial charge is 0.424 e. The molecule has 0 aliphatic rings. The largest absolute Gasteiger partial charge is 0.493 e. The molecule has 4 rings (SSSR count). The maximum absolute atomic E-state index is 14.4. The topological polar surface area (TPSA) is 105 Å². The van der Waals surface area contributed by atoms with Gasteiger partial charge < -0.3 is 25.0 Å². The summed E-state index contributed by atoms with van der Waals surface area (Å²) in [4.78, 5) is 16.9. The number of aliphatic hydroxyl groups is 2. The van der Waals surface area contributed by atoms with E-state index in [1.165, 1.54) is 60.2 Å². The molecule has 0 bridgehead atoms. The number of aliphatic hydroxyl groups excluding tert-OH is 1. The Bertz CT molecular complexity index is 1440. The molecule has 0 aliphatic carbocycles. The first-order valence-electron chi connectivity index (χ1n) is 11.3. The van der Waals surface area contributed by atoms with Crippen LogP contribution in [0.25, 0.3) is 16.9 Å². The summed E-state index contributed by atoms with van der Waals surface area (Å²) in [5.74, 6) is -1.05. The van der Waals surface area contributed by atoms with Gasteiger partial charge in [0.1, 0.15) is 23.9 Å². The lowest BCUT2D eigenvalue weighted by molar-refractivity contribution is -0.264. The number of amides is 1. The van der Waals surface area contributed by atoms with Gasteiger partial charge >= 0.3 is 6.18 Å². The minimum atomic E-state index is -5.23. The third kappa shape index (κ3) is 5.13. The fraction of sp³-hybridized carbons (Fsp3) is 0.231. The van der Waals surface area contributed by atoms with Gasteiger partial charge in [-0.15, -0.1) is 0 Å². The molecule has 0 spiro atoms. The second-order valence-corrected chi connectivity index (χ2v) is 8.23. The van der Waals surface area contributed by atoms with Gasteiger partial charge in [-0.25, -0.2) is 9.37 Å². The predicted octanol–water partition coefficient (Wildman–Crippen LogP) is 3.70. The number of carbonyl (C=O) groups excluding carboxylic acids is 1. The standard InChI is InChI=1S/C26H23F4N3O5/c1-37-21-14-17(7-10-20(21)38-13-12-34)24(35)31-15-25(36,26(28,29)30)22-19-4-2-3-11-33(19)23(32-22)16-5-8-18(27)9-6-16/h2-11,14,34,36H,12-13,15H2,1H3,(H,31,35). The van der Waals surface area contributed by atoms with E-state index in [4.69, 9.17) is 14.6 Å². The van der Waals surface area contributed by atoms with Crippen LogP contribution >= 0.6 is 0 Å². The van der Waals surface area contributed by atoms with Gasteiger partial charge in [-0.1, -0.05) is 6.07 Å². The van der Waals surface area contributed by atoms with Crippen molar-refractivity contribution in [2.24, 2.45) is 0 Å². The number of carbonyl (C=O) groups is 1. The summed E-state index contributed by atoms with van der Waals surface area (Å²) in [6, 6.07) is 13.3. The van der Waals surface area contributed by atoms with Crippen molar-refractivity contribution in [3.05, 3.63) is 83.9 Å². The van der Waals surface area contributed by atoms with E-state index in [-0.39, 0.29) is 41.6 Å². The van der Waals surface area contributed by atoms with Gasteiger partial charge in [-0.2, -0.15) is 13.2 Å². The number of imidazole rings is 1. The molecule has 1 amide bonds. The molecular weight excluding hydrogens is 510 g/mol. The quantitative estimate of drug-likeness (QED) is 0.284. The van der Waals surface area contributed by atoms with E-state index < -0.39 is 35.7 Å². The average molecular weight is 533 g/mol. The van der Waals surface area contributed by atoms with Gasteiger partial charge in [0.25, 0.3) is 5.91 Å². The molecule has 2 heterocycles. The van der Waals surface area contributed by atoms with Crippen LogP contribution in [-0.4, -0.2) is 58.5 Å². The van der Waals surface area contributed by atoms with E-state index in [2.05, 4.69) is 10.3 Å². The zero-order chi connectivity index (χ0) is 27.5. The third-order valence-corrected chi connectivity index (χ3v) is 5.79. The lowest BCUT2D eigenvalue weighted by Crippen LogP contribution is -2.51. The summed E-state index contributed by atoms with van der Waals surface area (Å²) in [7, 11) is 1.31. The van der Waals surface area contributed by atoms with Gasteiger partial charge in [0.05, 0.1) is 25.8 Å². The fourth-order valence-electron chi connectivity index (χ4n) is 3.86. The zero-order valence-corrected chi connectivity index (χ0v) is 20.0. The van der Waals surface area contributed by atoms with Crippen molar-refractivity contribution < 1.29 is 42.0 Å². The van der Waals surface area contributed by atoms with E-state index in [0.717, 1.165) is 12.1 Å². The first-order valence-corrected chi connectivity index (χ1v) is 11.3. The van der Waals surface area contributed by atoms with Crippen molar-refractivity contribution >= 4 is 11.4 Å². The first-order chi connectivity index (χ1) is 18.1. The fourth-order valence-corrected chi connectivity index (χ4v) is 3.86. The summed E-state index contributed by atoms with van der Waals surface area (Å²) in [5, 5.41) is 22.1. The number of nitrogens with zero attached hydrogens (tertiary/aromatic N) is 2. The maximum atomic E-state index is 14.4. The Labute approximate surface area is 214 Å². The highest BCUT2D eigenvalue weighted by molar-refractivity contribution is 5.95. The average Bonchev–Trinajstić information content (AvgIpc) is 3.30. The number of benzene rings is 2. The number of hydrogen-bond donors (Lipinski definition) is 3. The van der Waals surface area contributed by atoms with Crippen LogP contribution in [0.4, 0.5) is 17.6 Å². The Kier molecular flexibility index (Phi) is 7.56. The minimum Gasteiger partial charge on any atom is -0.493 e. The number of pyridine rings is 1. The third-order valence-electron chi connectivity index (χ3n) is 5.79. The molecule has 8 nitrogen and oxygen atoms in total. The van der Waals surface area contributed by atoms with Crippen molar-refractivity contribution in [1.82, 2.24) is 14.7 Å². The summed E-state index contributed by atoms with van der Waals surface area (Å²) in [5.41, 5.74) is -4.07. The summed E-state index contributed by atoms with van der Waals surface area (Å²) >= 11 is 0. The molecule has 1 unspecified atom stereocenters. The highest BCUT2D eigenvalue weighted by atomic mass is 19.4. The van der Waals surface area contributed by atoms with Crippen LogP contribution in [0.1, 0.15) is 16.1 Å². The maximum Gasteiger partial charge on any atom is 0.424 e. The number of alkyl halides is 3. The molecule has 1 atom stereocenters. The Balaban J connectivity index is 1.69.